The number of hydrogen-bond donors (Lipinski definition) is 1. The van der Waals surface area contributed by atoms with Gasteiger partial charge in [-0.3, -0.25) is 0 Å². The standard InChI is InChI=1S/C7H13N/c1-6(2)4-7(8)3-5(6)7/h5H,3-4,8H2,1-2H3. The smallest absolute Gasteiger partial charge is 0.0197 e. The second-order valence-electron chi connectivity index (χ2n) is 4.16. The predicted octanol–water partition coefficient (Wildman–Crippen LogP) is 1.13. The highest BCUT2D eigenvalue weighted by Gasteiger charge is 2.68. The molecule has 2 aliphatic carbocycles. The normalized spacial score (nSPS) is 56.6. The largest absolute Gasteiger partial charge is 0.325 e. The van der Waals surface area contributed by atoms with Crippen LogP contribution >= 0.6 is 0 Å². The minimum atomic E-state index is 0.323. The average Bonchev–Trinajstić information content (AvgIpc) is 2.10. The Hall–Kier alpha value is -0.0400. The van der Waals surface area contributed by atoms with Crippen LogP contribution in [0.2, 0.25) is 0 Å². The third kappa shape index (κ3) is 0.334. The summed E-state index contributed by atoms with van der Waals surface area (Å²) in [6.45, 7) is 4.63. The van der Waals surface area contributed by atoms with E-state index in [1.807, 2.05) is 0 Å². The Morgan fingerprint density at radius 2 is 2.12 bits per heavy atom. The van der Waals surface area contributed by atoms with Gasteiger partial charge in [-0.05, 0) is 24.2 Å². The van der Waals surface area contributed by atoms with Crippen molar-refractivity contribution in [2.45, 2.75) is 32.2 Å². The lowest BCUT2D eigenvalue weighted by Gasteiger charge is -2.39. The molecule has 0 bridgehead atoms. The van der Waals surface area contributed by atoms with Crippen LogP contribution in [0, 0.1) is 11.3 Å². The average molecular weight is 111 g/mol. The summed E-state index contributed by atoms with van der Waals surface area (Å²) in [6.07, 6.45) is 2.55. The Morgan fingerprint density at radius 3 is 2.12 bits per heavy atom. The van der Waals surface area contributed by atoms with Crippen molar-refractivity contribution in [2.24, 2.45) is 17.1 Å². The highest BCUT2D eigenvalue weighted by Crippen LogP contribution is 2.68. The molecule has 2 rings (SSSR count). The summed E-state index contributed by atoms with van der Waals surface area (Å²) < 4.78 is 0. The van der Waals surface area contributed by atoms with Crippen LogP contribution in [0.5, 0.6) is 0 Å². The van der Waals surface area contributed by atoms with E-state index in [0.717, 1.165) is 5.92 Å². The van der Waals surface area contributed by atoms with Gasteiger partial charge < -0.3 is 5.73 Å². The Labute approximate surface area is 50.3 Å². The Kier molecular flexibility index (Phi) is 0.516. The van der Waals surface area contributed by atoms with E-state index >= 15 is 0 Å². The fraction of sp³-hybridized carbons (Fsp3) is 1.00. The Balaban J connectivity index is 2.16. The van der Waals surface area contributed by atoms with Gasteiger partial charge >= 0.3 is 0 Å². The minimum absolute atomic E-state index is 0.323. The van der Waals surface area contributed by atoms with Crippen molar-refractivity contribution in [3.8, 4) is 0 Å². The van der Waals surface area contributed by atoms with E-state index in [0.29, 0.717) is 11.0 Å². The summed E-state index contributed by atoms with van der Waals surface area (Å²) in [5.74, 6) is 0.870. The Morgan fingerprint density at radius 1 is 1.50 bits per heavy atom. The van der Waals surface area contributed by atoms with Gasteiger partial charge in [0.05, 0.1) is 0 Å². The molecule has 0 aliphatic heterocycles. The van der Waals surface area contributed by atoms with Gasteiger partial charge in [0.25, 0.3) is 0 Å². The molecule has 0 radical (unpaired) electrons. The molecule has 46 valence electrons. The van der Waals surface area contributed by atoms with E-state index in [1.54, 1.807) is 0 Å². The molecule has 0 heterocycles. The van der Waals surface area contributed by atoms with E-state index < -0.39 is 0 Å². The SMILES string of the molecule is CC1(C)CC2(N)CC12. The maximum Gasteiger partial charge on any atom is 0.0197 e. The minimum Gasteiger partial charge on any atom is -0.325 e. The van der Waals surface area contributed by atoms with Gasteiger partial charge in [0.2, 0.25) is 0 Å². The molecule has 2 unspecified atom stereocenters. The van der Waals surface area contributed by atoms with E-state index in [9.17, 15) is 0 Å². The molecule has 2 aliphatic rings. The molecule has 8 heavy (non-hydrogen) atoms. The first-order valence-electron chi connectivity index (χ1n) is 3.33. The summed E-state index contributed by atoms with van der Waals surface area (Å²) in [7, 11) is 0. The summed E-state index contributed by atoms with van der Waals surface area (Å²) >= 11 is 0. The first kappa shape index (κ1) is 4.80. The van der Waals surface area contributed by atoms with Crippen LogP contribution < -0.4 is 5.73 Å². The number of hydrogen-bond acceptors (Lipinski definition) is 1. The second-order valence-corrected chi connectivity index (χ2v) is 4.16. The molecule has 2 fully saturated rings. The lowest BCUT2D eigenvalue weighted by Crippen LogP contribution is -2.44. The molecule has 0 aromatic rings. The summed E-state index contributed by atoms with van der Waals surface area (Å²) in [5, 5.41) is 0. The molecule has 0 spiro atoms. The van der Waals surface area contributed by atoms with Gasteiger partial charge in [0.1, 0.15) is 0 Å². The fourth-order valence-electron chi connectivity index (χ4n) is 2.41. The van der Waals surface area contributed by atoms with Crippen LogP contribution in [-0.4, -0.2) is 5.54 Å². The predicted molar refractivity (Wildman–Crippen MR) is 33.4 cm³/mol. The van der Waals surface area contributed by atoms with Crippen molar-refractivity contribution in [3.05, 3.63) is 0 Å². The van der Waals surface area contributed by atoms with E-state index in [2.05, 4.69) is 13.8 Å². The first-order valence-corrected chi connectivity index (χ1v) is 3.33. The van der Waals surface area contributed by atoms with Gasteiger partial charge in [-0.2, -0.15) is 0 Å². The van der Waals surface area contributed by atoms with Gasteiger partial charge in [-0.1, -0.05) is 13.8 Å². The quantitative estimate of drug-likeness (QED) is 0.498. The Bertz CT molecular complexity index is 139. The molecule has 1 heteroatoms. The number of nitrogens with two attached hydrogens (primary N) is 1. The van der Waals surface area contributed by atoms with Crippen molar-refractivity contribution < 1.29 is 0 Å². The topological polar surface area (TPSA) is 26.0 Å². The third-order valence-electron chi connectivity index (χ3n) is 2.85. The second kappa shape index (κ2) is 0.860. The molecule has 2 saturated carbocycles. The molecular formula is C7H13N. The van der Waals surface area contributed by atoms with Crippen LogP contribution in [0.3, 0.4) is 0 Å². The lowest BCUT2D eigenvalue weighted by molar-refractivity contribution is 0.142. The van der Waals surface area contributed by atoms with Crippen LogP contribution in [0.4, 0.5) is 0 Å². The monoisotopic (exact) mass is 111 g/mol. The van der Waals surface area contributed by atoms with Crippen LogP contribution in [0.1, 0.15) is 26.7 Å². The maximum absolute atomic E-state index is 5.87. The van der Waals surface area contributed by atoms with Gasteiger partial charge in [0, 0.05) is 5.54 Å². The zero-order valence-electron chi connectivity index (χ0n) is 5.57. The van der Waals surface area contributed by atoms with Crippen molar-refractivity contribution in [1.29, 1.82) is 0 Å². The molecule has 0 aromatic carbocycles. The molecule has 0 aromatic heterocycles. The summed E-state index contributed by atoms with van der Waals surface area (Å²) in [4.78, 5) is 0. The number of rotatable bonds is 0. The molecule has 0 amide bonds. The van der Waals surface area contributed by atoms with Crippen molar-refractivity contribution in [2.75, 3.05) is 0 Å². The first-order chi connectivity index (χ1) is 3.55. The summed E-state index contributed by atoms with van der Waals surface area (Å²) in [6, 6.07) is 0. The van der Waals surface area contributed by atoms with Gasteiger partial charge in [-0.15, -0.1) is 0 Å². The molecule has 0 saturated heterocycles. The van der Waals surface area contributed by atoms with E-state index in [1.165, 1.54) is 12.8 Å². The molecule has 2 atom stereocenters. The van der Waals surface area contributed by atoms with Crippen molar-refractivity contribution in [1.82, 2.24) is 0 Å². The van der Waals surface area contributed by atoms with Gasteiger partial charge in [-0.25, -0.2) is 0 Å². The zero-order valence-corrected chi connectivity index (χ0v) is 5.57. The van der Waals surface area contributed by atoms with Crippen molar-refractivity contribution >= 4 is 0 Å². The molecule has 2 N–H and O–H groups in total. The highest BCUT2D eigenvalue weighted by atomic mass is 14.9. The lowest BCUT2D eigenvalue weighted by atomic mass is 9.69. The van der Waals surface area contributed by atoms with Gasteiger partial charge in [0.15, 0.2) is 0 Å². The van der Waals surface area contributed by atoms with Crippen LogP contribution in [-0.2, 0) is 0 Å². The van der Waals surface area contributed by atoms with Crippen molar-refractivity contribution in [3.63, 3.8) is 0 Å². The van der Waals surface area contributed by atoms with Crippen LogP contribution in [0.15, 0.2) is 0 Å². The summed E-state index contributed by atoms with van der Waals surface area (Å²) in [5.41, 5.74) is 6.79. The van der Waals surface area contributed by atoms with E-state index in [-0.39, 0.29) is 0 Å². The van der Waals surface area contributed by atoms with Crippen LogP contribution in [0.25, 0.3) is 0 Å². The zero-order chi connectivity index (χ0) is 5.99. The highest BCUT2D eigenvalue weighted by molar-refractivity contribution is 5.24. The third-order valence-corrected chi connectivity index (χ3v) is 2.85. The molecular weight excluding hydrogens is 98.1 g/mol. The number of fused-ring (bicyclic) bond motifs is 1. The van der Waals surface area contributed by atoms with E-state index in [4.69, 9.17) is 5.73 Å². The fourth-order valence-corrected chi connectivity index (χ4v) is 2.41. The maximum atomic E-state index is 5.87. The molecule has 1 nitrogen and oxygen atoms in total.